The zero-order valence-electron chi connectivity index (χ0n) is 33.3. The van der Waals surface area contributed by atoms with E-state index in [4.69, 9.17) is 25.7 Å². The number of halogens is 6. The highest BCUT2D eigenvalue weighted by molar-refractivity contribution is 7.23. The number of hydrogen-bond donors (Lipinski definition) is 2. The summed E-state index contributed by atoms with van der Waals surface area (Å²) >= 11 is 0.675. The van der Waals surface area contributed by atoms with E-state index in [0.29, 0.717) is 35.4 Å². The average molecular weight is 866 g/mol. The van der Waals surface area contributed by atoms with Gasteiger partial charge in [-0.3, -0.25) is 4.90 Å². The fourth-order valence-electron chi connectivity index (χ4n) is 7.86. The Morgan fingerprint density at radius 1 is 1.02 bits per heavy atom. The maximum Gasteiger partial charge on any atom is 0.420 e. The van der Waals surface area contributed by atoms with Crippen LogP contribution in [0.15, 0.2) is 48.7 Å². The monoisotopic (exact) mass is 865 g/mol. The van der Waals surface area contributed by atoms with E-state index in [0.717, 1.165) is 37.2 Å². The predicted octanol–water partition coefficient (Wildman–Crippen LogP) is 8.49. The molecule has 4 aromatic heterocycles. The van der Waals surface area contributed by atoms with Crippen LogP contribution in [0.1, 0.15) is 48.6 Å². The molecule has 0 bridgehead atoms. The molecule has 0 aliphatic carbocycles. The van der Waals surface area contributed by atoms with Gasteiger partial charge in [0.1, 0.15) is 58.1 Å². The van der Waals surface area contributed by atoms with Crippen LogP contribution in [0.2, 0.25) is 0 Å². The van der Waals surface area contributed by atoms with Gasteiger partial charge in [0.25, 0.3) is 0 Å². The van der Waals surface area contributed by atoms with Crippen molar-refractivity contribution in [2.75, 3.05) is 56.8 Å². The zero-order chi connectivity index (χ0) is 43.6. The van der Waals surface area contributed by atoms with E-state index in [-0.39, 0.29) is 63.4 Å². The fraction of sp³-hybridized carbons (Fsp3) is 0.357. The Balaban J connectivity index is 0.000000240. The first kappa shape index (κ1) is 43.0. The van der Waals surface area contributed by atoms with Gasteiger partial charge in [0.15, 0.2) is 5.82 Å². The van der Waals surface area contributed by atoms with Gasteiger partial charge in [0, 0.05) is 53.6 Å². The number of pyridine rings is 2. The van der Waals surface area contributed by atoms with Gasteiger partial charge >= 0.3 is 12.2 Å². The Labute approximate surface area is 350 Å². The Bertz CT molecular complexity index is 2590. The number of anilines is 3. The van der Waals surface area contributed by atoms with Crippen molar-refractivity contribution in [1.29, 1.82) is 5.26 Å². The number of aryl methyl sites for hydroxylation is 1. The van der Waals surface area contributed by atoms with E-state index in [1.54, 1.807) is 30.2 Å². The zero-order valence-corrected chi connectivity index (χ0v) is 34.1. The lowest BCUT2D eigenvalue weighted by atomic mass is 9.91. The molecule has 2 fully saturated rings. The molecule has 0 spiro atoms. The van der Waals surface area contributed by atoms with Crippen molar-refractivity contribution in [3.63, 3.8) is 0 Å². The van der Waals surface area contributed by atoms with E-state index >= 15 is 4.39 Å². The maximum atomic E-state index is 16.6. The van der Waals surface area contributed by atoms with Crippen LogP contribution in [-0.4, -0.2) is 77.5 Å². The third-order valence-electron chi connectivity index (χ3n) is 10.7. The summed E-state index contributed by atoms with van der Waals surface area (Å²) in [7, 11) is 2.85. The smallest absolute Gasteiger partial charge is 0.420 e. The molecule has 0 saturated carbocycles. The number of nitrogens with two attached hydrogens (primary N) is 2. The summed E-state index contributed by atoms with van der Waals surface area (Å²) in [5, 5.41) is 9.00. The molecule has 9 rings (SSSR count). The number of fused-ring (bicyclic) bond motifs is 2. The van der Waals surface area contributed by atoms with Crippen LogP contribution >= 0.6 is 11.3 Å². The molecule has 2 saturated heterocycles. The van der Waals surface area contributed by atoms with Crippen molar-refractivity contribution in [2.24, 2.45) is 0 Å². The van der Waals surface area contributed by atoms with E-state index < -0.39 is 51.9 Å². The minimum absolute atomic E-state index is 0.0347. The third kappa shape index (κ3) is 8.59. The Hall–Kier alpha value is -6.13. The van der Waals surface area contributed by atoms with Crippen LogP contribution in [0.4, 0.5) is 43.0 Å². The number of nitriles is 1. The van der Waals surface area contributed by atoms with Crippen molar-refractivity contribution in [2.45, 2.75) is 57.5 Å². The maximum absolute atomic E-state index is 16.6. The number of hydrogen-bond acceptors (Lipinski definition) is 13. The number of nitrogen functional groups attached to an aromatic ring is 2. The summed E-state index contributed by atoms with van der Waals surface area (Å²) in [5.41, 5.74) is 9.88. The second-order valence-electron chi connectivity index (χ2n) is 14.4. The average Bonchev–Trinajstić information content (AvgIpc) is 3.91. The van der Waals surface area contributed by atoms with Gasteiger partial charge in [-0.1, -0.05) is 25.1 Å². The number of alkyl halides is 4. The fourth-order valence-corrected chi connectivity index (χ4v) is 8.81. The highest BCUT2D eigenvalue weighted by atomic mass is 32.1. The highest BCUT2D eigenvalue weighted by Gasteiger charge is 2.44. The first-order chi connectivity index (χ1) is 29.3. The Morgan fingerprint density at radius 2 is 1.82 bits per heavy atom. The molecule has 2 atom stereocenters. The molecule has 2 aromatic carbocycles. The number of benzene rings is 2. The minimum atomic E-state index is -5.17. The van der Waals surface area contributed by atoms with Gasteiger partial charge in [-0.2, -0.15) is 28.4 Å². The lowest BCUT2D eigenvalue weighted by Crippen LogP contribution is -2.28. The molecule has 19 heteroatoms. The van der Waals surface area contributed by atoms with Crippen molar-refractivity contribution in [3.8, 4) is 34.8 Å². The second-order valence-corrected chi connectivity index (χ2v) is 15.4. The van der Waals surface area contributed by atoms with Crippen molar-refractivity contribution < 1.29 is 40.6 Å². The standard InChI is InChI=1S/C27H18F5N7O2S.C8H11NO.C7H12FN/c1-40-26-37-20-17-21(41-8-7-39(25(17)38-26)10-11-3-2-6-36-23(11)34)18(27(30,31)32)16(19(20)29)12-4-5-14(28)22-15(12)13(9-33)24(35)42-22;1-3-7-5-4-6-8(9-7)10-2;8-6-4-7-2-1-3-9(7)5-6/h2-6H,7-8,10,35H2,1H3,(H2,34,36);4-6H,3H2,1-2H3;6-7H,1-5H2. The van der Waals surface area contributed by atoms with Crippen LogP contribution in [-0.2, 0) is 19.1 Å². The highest BCUT2D eigenvalue weighted by Crippen LogP contribution is 2.53. The molecule has 4 N–H and O–H groups in total. The largest absolute Gasteiger partial charge is 0.490 e. The third-order valence-corrected chi connectivity index (χ3v) is 11.7. The number of methoxy groups -OCH3 is 2. The van der Waals surface area contributed by atoms with Crippen LogP contribution in [0.3, 0.4) is 0 Å². The quantitative estimate of drug-likeness (QED) is 0.154. The van der Waals surface area contributed by atoms with Crippen molar-refractivity contribution in [1.82, 2.24) is 24.8 Å². The molecular formula is C42H41F6N9O3S. The normalized spacial score (nSPS) is 17.1. The van der Waals surface area contributed by atoms with E-state index in [2.05, 4.69) is 31.8 Å². The van der Waals surface area contributed by atoms with Crippen LogP contribution < -0.4 is 30.6 Å². The number of nitrogens with zero attached hydrogens (tertiary/aromatic N) is 7. The van der Waals surface area contributed by atoms with Gasteiger partial charge < -0.3 is 30.6 Å². The molecule has 61 heavy (non-hydrogen) atoms. The lowest BCUT2D eigenvalue weighted by molar-refractivity contribution is -0.138. The topological polar surface area (TPSA) is 162 Å². The molecule has 0 amide bonds. The Kier molecular flexibility index (Phi) is 12.6. The molecule has 3 aliphatic heterocycles. The number of ether oxygens (including phenoxy) is 3. The summed E-state index contributed by atoms with van der Waals surface area (Å²) in [5.74, 6) is -2.12. The molecule has 7 heterocycles. The molecule has 2 unspecified atom stereocenters. The van der Waals surface area contributed by atoms with Gasteiger partial charge in [-0.25, -0.2) is 23.1 Å². The van der Waals surface area contributed by atoms with Crippen molar-refractivity contribution in [3.05, 3.63) is 82.7 Å². The predicted molar refractivity (Wildman–Crippen MR) is 220 cm³/mol. The van der Waals surface area contributed by atoms with Crippen LogP contribution in [0, 0.1) is 23.0 Å². The van der Waals surface area contributed by atoms with Crippen LogP contribution in [0.5, 0.6) is 17.6 Å². The minimum Gasteiger partial charge on any atom is -0.490 e. The van der Waals surface area contributed by atoms with E-state index in [9.17, 15) is 27.2 Å². The summed E-state index contributed by atoms with van der Waals surface area (Å²) in [4.78, 5) is 20.4. The first-order valence-electron chi connectivity index (χ1n) is 19.3. The molecule has 6 aromatic rings. The van der Waals surface area contributed by atoms with Gasteiger partial charge in [0.05, 0.1) is 36.4 Å². The van der Waals surface area contributed by atoms with Gasteiger partial charge in [-0.15, -0.1) is 11.3 Å². The summed E-state index contributed by atoms with van der Waals surface area (Å²) < 4.78 is 105. The molecular weight excluding hydrogens is 825 g/mol. The van der Waals surface area contributed by atoms with Gasteiger partial charge in [0.2, 0.25) is 5.88 Å². The molecule has 0 radical (unpaired) electrons. The Morgan fingerprint density at radius 3 is 2.51 bits per heavy atom. The summed E-state index contributed by atoms with van der Waals surface area (Å²) in [6, 6.07) is 13.1. The van der Waals surface area contributed by atoms with E-state index in [1.165, 1.54) is 26.1 Å². The SMILES string of the molecule is CCc1cccc(OC)n1.COc1nc2c3c(c(C(F)(F)F)c(-c4ccc(F)c5sc(N)c(C#N)c45)c(F)c3n1)OCCN2Cc1cccnc1N.FC1CC2CCCN2C1. The number of rotatable bonds is 6. The van der Waals surface area contributed by atoms with Crippen molar-refractivity contribution >= 4 is 49.0 Å². The van der Waals surface area contributed by atoms with E-state index in [1.807, 2.05) is 18.2 Å². The summed E-state index contributed by atoms with van der Waals surface area (Å²) in [6.07, 6.45) is 0.0862. The second kappa shape index (κ2) is 17.8. The number of thiophene rings is 1. The lowest BCUT2D eigenvalue weighted by Gasteiger charge is -2.24. The first-order valence-corrected chi connectivity index (χ1v) is 20.1. The van der Waals surface area contributed by atoms with Gasteiger partial charge in [-0.05, 0) is 56.0 Å². The number of aromatic nitrogens is 4. The molecule has 12 nitrogen and oxygen atoms in total. The molecule has 320 valence electrons. The van der Waals surface area contributed by atoms with Crippen LogP contribution in [0.25, 0.3) is 32.1 Å². The summed E-state index contributed by atoms with van der Waals surface area (Å²) in [6.45, 7) is 3.76. The molecule has 3 aliphatic rings.